The summed E-state index contributed by atoms with van der Waals surface area (Å²) in [6.07, 6.45) is 0. The summed E-state index contributed by atoms with van der Waals surface area (Å²) in [7, 11) is 0. The molecule has 0 spiro atoms. The van der Waals surface area contributed by atoms with E-state index in [2.05, 4.69) is 229 Å². The van der Waals surface area contributed by atoms with Gasteiger partial charge in [0.15, 0.2) is 0 Å². The molecule has 10 rings (SSSR count). The molecule has 0 N–H and O–H groups in total. The minimum atomic E-state index is 1.09. The second kappa shape index (κ2) is 14.0. The maximum atomic E-state index is 2.45. The molecule has 10 aromatic rings. The van der Waals surface area contributed by atoms with E-state index in [0.717, 1.165) is 17.1 Å². The van der Waals surface area contributed by atoms with Crippen LogP contribution in [0.15, 0.2) is 224 Å². The molecule has 0 amide bonds. The average molecular weight is 700 g/mol. The molecule has 0 atom stereocenters. The number of nitrogens with zero attached hydrogens (tertiary/aromatic N) is 1. The van der Waals surface area contributed by atoms with Gasteiger partial charge in [0.2, 0.25) is 0 Å². The molecule has 0 radical (unpaired) electrons. The van der Waals surface area contributed by atoms with E-state index in [0.29, 0.717) is 0 Å². The van der Waals surface area contributed by atoms with Crippen LogP contribution in [0.5, 0.6) is 0 Å². The van der Waals surface area contributed by atoms with E-state index in [-0.39, 0.29) is 0 Å². The molecular formula is C54H37N. The van der Waals surface area contributed by atoms with Crippen molar-refractivity contribution in [1.82, 2.24) is 0 Å². The van der Waals surface area contributed by atoms with Gasteiger partial charge in [0.1, 0.15) is 0 Å². The molecule has 55 heavy (non-hydrogen) atoms. The fourth-order valence-electron chi connectivity index (χ4n) is 8.20. The van der Waals surface area contributed by atoms with Gasteiger partial charge in [0.05, 0.1) is 5.69 Å². The first kappa shape index (κ1) is 32.4. The van der Waals surface area contributed by atoms with Crippen LogP contribution in [0.3, 0.4) is 0 Å². The monoisotopic (exact) mass is 699 g/mol. The standard InChI is InChI=1S/C54H37N/c1-2-14-38(15-3-1)39-30-33-45(34-31-39)55(46-23-10-22-43(36-46)50-27-11-19-40-16-4-7-24-47(40)50)54-37-44(51-28-12-20-41-17-5-8-25-48(41)51)32-35-53(54)52-29-13-21-42-18-6-9-26-49(42)52/h1-37H. The van der Waals surface area contributed by atoms with E-state index >= 15 is 0 Å². The minimum Gasteiger partial charge on any atom is -0.310 e. The third kappa shape index (κ3) is 6.02. The summed E-state index contributed by atoms with van der Waals surface area (Å²) in [6.45, 7) is 0. The lowest BCUT2D eigenvalue weighted by Crippen LogP contribution is -2.12. The lowest BCUT2D eigenvalue weighted by Gasteiger charge is -2.29. The third-order valence-electron chi connectivity index (χ3n) is 10.9. The molecule has 0 aliphatic carbocycles. The quantitative estimate of drug-likeness (QED) is 0.160. The van der Waals surface area contributed by atoms with Gasteiger partial charge in [-0.25, -0.2) is 0 Å². The van der Waals surface area contributed by atoms with Crippen molar-refractivity contribution in [2.75, 3.05) is 4.90 Å². The Morgan fingerprint density at radius 2 is 0.673 bits per heavy atom. The van der Waals surface area contributed by atoms with Crippen molar-refractivity contribution in [1.29, 1.82) is 0 Å². The smallest absolute Gasteiger partial charge is 0.0546 e. The fraction of sp³-hybridized carbons (Fsp3) is 0. The Hall–Kier alpha value is -7.22. The summed E-state index contributed by atoms with van der Waals surface area (Å²) in [4.78, 5) is 2.45. The fourth-order valence-corrected chi connectivity index (χ4v) is 8.20. The number of hydrogen-bond donors (Lipinski definition) is 0. The molecule has 1 heteroatoms. The lowest BCUT2D eigenvalue weighted by atomic mass is 9.92. The maximum absolute atomic E-state index is 2.45. The van der Waals surface area contributed by atoms with Crippen LogP contribution in [0.4, 0.5) is 17.1 Å². The van der Waals surface area contributed by atoms with Crippen LogP contribution in [0, 0.1) is 0 Å². The Morgan fingerprint density at radius 1 is 0.236 bits per heavy atom. The van der Waals surface area contributed by atoms with Gasteiger partial charge in [0.25, 0.3) is 0 Å². The van der Waals surface area contributed by atoms with E-state index in [1.54, 1.807) is 0 Å². The van der Waals surface area contributed by atoms with Crippen LogP contribution in [-0.4, -0.2) is 0 Å². The average Bonchev–Trinajstić information content (AvgIpc) is 3.26. The van der Waals surface area contributed by atoms with E-state index < -0.39 is 0 Å². The van der Waals surface area contributed by atoms with Crippen molar-refractivity contribution in [3.05, 3.63) is 224 Å². The van der Waals surface area contributed by atoms with Crippen LogP contribution in [0.1, 0.15) is 0 Å². The molecule has 0 saturated heterocycles. The van der Waals surface area contributed by atoms with Crippen molar-refractivity contribution in [2.45, 2.75) is 0 Å². The van der Waals surface area contributed by atoms with Crippen LogP contribution in [0.25, 0.3) is 76.8 Å². The zero-order chi connectivity index (χ0) is 36.6. The Labute approximate surface area is 322 Å². The van der Waals surface area contributed by atoms with Crippen LogP contribution >= 0.6 is 0 Å². The Balaban J connectivity index is 1.24. The number of rotatable bonds is 7. The number of fused-ring (bicyclic) bond motifs is 3. The maximum Gasteiger partial charge on any atom is 0.0546 e. The summed E-state index contributed by atoms with van der Waals surface area (Å²) in [5, 5.41) is 7.41. The molecule has 0 aromatic heterocycles. The summed E-state index contributed by atoms with van der Waals surface area (Å²) in [5.41, 5.74) is 12.8. The van der Waals surface area contributed by atoms with Crippen molar-refractivity contribution in [3.63, 3.8) is 0 Å². The molecule has 0 aliphatic heterocycles. The normalized spacial score (nSPS) is 11.3. The van der Waals surface area contributed by atoms with Gasteiger partial charge in [-0.05, 0) is 102 Å². The van der Waals surface area contributed by atoms with Crippen LogP contribution < -0.4 is 4.90 Å². The van der Waals surface area contributed by atoms with Crippen LogP contribution in [0.2, 0.25) is 0 Å². The first-order chi connectivity index (χ1) is 27.3. The van der Waals surface area contributed by atoms with Crippen LogP contribution in [-0.2, 0) is 0 Å². The predicted octanol–water partition coefficient (Wildman–Crippen LogP) is 15.3. The van der Waals surface area contributed by atoms with Gasteiger partial charge in [-0.1, -0.05) is 194 Å². The minimum absolute atomic E-state index is 1.09. The third-order valence-corrected chi connectivity index (χ3v) is 10.9. The van der Waals surface area contributed by atoms with E-state index in [1.165, 1.54) is 76.8 Å². The van der Waals surface area contributed by atoms with E-state index in [4.69, 9.17) is 0 Å². The molecular weight excluding hydrogens is 663 g/mol. The van der Waals surface area contributed by atoms with E-state index in [1.807, 2.05) is 0 Å². The van der Waals surface area contributed by atoms with E-state index in [9.17, 15) is 0 Å². The highest BCUT2D eigenvalue weighted by Crippen LogP contribution is 2.46. The second-order valence-electron chi connectivity index (χ2n) is 14.1. The van der Waals surface area contributed by atoms with Crippen molar-refractivity contribution in [2.24, 2.45) is 0 Å². The predicted molar refractivity (Wildman–Crippen MR) is 235 cm³/mol. The van der Waals surface area contributed by atoms with Crippen molar-refractivity contribution < 1.29 is 0 Å². The SMILES string of the molecule is c1ccc(-c2ccc(N(c3cccc(-c4cccc5ccccc45)c3)c3cc(-c4cccc5ccccc45)ccc3-c3cccc4ccccc34)cc2)cc1. The molecule has 1 nitrogen and oxygen atoms in total. The Morgan fingerprint density at radius 3 is 1.29 bits per heavy atom. The molecule has 10 aromatic carbocycles. The zero-order valence-electron chi connectivity index (χ0n) is 30.3. The van der Waals surface area contributed by atoms with Crippen molar-refractivity contribution in [3.8, 4) is 44.5 Å². The molecule has 0 unspecified atom stereocenters. The second-order valence-corrected chi connectivity index (χ2v) is 14.1. The molecule has 0 heterocycles. The molecule has 0 aliphatic rings. The highest BCUT2D eigenvalue weighted by Gasteiger charge is 2.21. The Bertz CT molecular complexity index is 2960. The largest absolute Gasteiger partial charge is 0.310 e. The van der Waals surface area contributed by atoms with Gasteiger partial charge >= 0.3 is 0 Å². The zero-order valence-corrected chi connectivity index (χ0v) is 30.3. The Kier molecular flexibility index (Phi) is 8.24. The highest BCUT2D eigenvalue weighted by molar-refractivity contribution is 6.04. The topological polar surface area (TPSA) is 3.24 Å². The molecule has 0 saturated carbocycles. The molecule has 0 bridgehead atoms. The van der Waals surface area contributed by atoms with Crippen molar-refractivity contribution >= 4 is 49.4 Å². The molecule has 0 fully saturated rings. The molecule has 258 valence electrons. The summed E-state index contributed by atoms with van der Waals surface area (Å²) in [5.74, 6) is 0. The summed E-state index contributed by atoms with van der Waals surface area (Å²) < 4.78 is 0. The highest BCUT2D eigenvalue weighted by atomic mass is 15.1. The van der Waals surface area contributed by atoms with Gasteiger partial charge in [-0.15, -0.1) is 0 Å². The number of anilines is 3. The number of hydrogen-bond acceptors (Lipinski definition) is 1. The van der Waals surface area contributed by atoms with Gasteiger partial charge in [0, 0.05) is 16.9 Å². The summed E-state index contributed by atoms with van der Waals surface area (Å²) in [6, 6.07) is 81.6. The van der Waals surface area contributed by atoms with Gasteiger partial charge in [-0.2, -0.15) is 0 Å². The van der Waals surface area contributed by atoms with Gasteiger partial charge in [-0.3, -0.25) is 0 Å². The summed E-state index contributed by atoms with van der Waals surface area (Å²) >= 11 is 0. The lowest BCUT2D eigenvalue weighted by molar-refractivity contribution is 1.28. The number of benzene rings is 10. The first-order valence-corrected chi connectivity index (χ1v) is 18.9. The van der Waals surface area contributed by atoms with Gasteiger partial charge < -0.3 is 4.90 Å². The first-order valence-electron chi connectivity index (χ1n) is 18.9.